The molecule has 0 amide bonds. The maximum absolute atomic E-state index is 13.4. The van der Waals surface area contributed by atoms with Crippen molar-refractivity contribution in [3.8, 4) is 0 Å². The molecule has 21 heavy (non-hydrogen) atoms. The Kier molecular flexibility index (Phi) is 9.15. The van der Waals surface area contributed by atoms with Gasteiger partial charge < -0.3 is 4.90 Å². The van der Waals surface area contributed by atoms with E-state index in [1.54, 1.807) is 19.9 Å². The maximum atomic E-state index is 13.4. The molecule has 0 bridgehead atoms. The molecule has 0 aromatic heterocycles. The van der Waals surface area contributed by atoms with Gasteiger partial charge in [0.05, 0.1) is 5.57 Å². The van der Waals surface area contributed by atoms with Crippen LogP contribution in [0.2, 0.25) is 0 Å². The van der Waals surface area contributed by atoms with E-state index in [1.165, 1.54) is 12.2 Å². The molecule has 0 N–H and O–H groups in total. The van der Waals surface area contributed by atoms with E-state index in [2.05, 4.69) is 9.24 Å². The highest BCUT2D eigenvalue weighted by atomic mass is 31.0. The molecule has 0 spiro atoms. The highest BCUT2D eigenvalue weighted by Gasteiger charge is 2.37. The van der Waals surface area contributed by atoms with Crippen molar-refractivity contribution >= 4 is 9.24 Å². The number of hydrogen-bond acceptors (Lipinski definition) is 1. The summed E-state index contributed by atoms with van der Waals surface area (Å²) in [4.78, 5) is 2.00. The van der Waals surface area contributed by atoms with Gasteiger partial charge in [-0.25, -0.2) is 0 Å². The summed E-state index contributed by atoms with van der Waals surface area (Å²) in [5, 5.41) is 0.661. The maximum Gasteiger partial charge on any atom is 0.416 e. The lowest BCUT2D eigenvalue weighted by molar-refractivity contribution is -0.0902. The van der Waals surface area contributed by atoms with Gasteiger partial charge in [-0.2, -0.15) is 13.2 Å². The zero-order valence-corrected chi connectivity index (χ0v) is 14.7. The van der Waals surface area contributed by atoms with E-state index in [0.29, 0.717) is 23.7 Å². The average molecular weight is 321 g/mol. The predicted octanol–water partition coefficient (Wildman–Crippen LogP) is 5.18. The summed E-state index contributed by atoms with van der Waals surface area (Å²) >= 11 is 0. The van der Waals surface area contributed by atoms with Crippen LogP contribution < -0.4 is 0 Å². The van der Waals surface area contributed by atoms with E-state index in [-0.39, 0.29) is 5.92 Å². The Labute approximate surface area is 129 Å². The molecular formula is C16H27F3NP. The van der Waals surface area contributed by atoms with E-state index in [4.69, 9.17) is 0 Å². The first-order chi connectivity index (χ1) is 9.65. The number of allylic oxidation sites excluding steroid dienone is 6. The van der Waals surface area contributed by atoms with Crippen molar-refractivity contribution in [2.24, 2.45) is 5.92 Å². The number of halogens is 3. The molecule has 0 aromatic carbocycles. The minimum Gasteiger partial charge on any atom is -0.309 e. The molecule has 122 valence electrons. The summed E-state index contributed by atoms with van der Waals surface area (Å²) in [5.41, 5.74) is -0.117. The van der Waals surface area contributed by atoms with Gasteiger partial charge in [0.25, 0.3) is 0 Å². The molecule has 5 heteroatoms. The number of nitrogens with zero attached hydrogens (tertiary/aromatic N) is 1. The topological polar surface area (TPSA) is 3.24 Å². The molecule has 0 radical (unpaired) electrons. The van der Waals surface area contributed by atoms with Crippen molar-refractivity contribution in [1.29, 1.82) is 0 Å². The van der Waals surface area contributed by atoms with Crippen molar-refractivity contribution in [2.75, 3.05) is 20.6 Å². The molecule has 0 saturated carbocycles. The Balaban J connectivity index is 5.68. The first-order valence-corrected chi connectivity index (χ1v) is 7.74. The lowest BCUT2D eigenvalue weighted by Gasteiger charge is -2.26. The Hall–Kier alpha value is -0.600. The minimum absolute atomic E-state index is 0.0944. The summed E-state index contributed by atoms with van der Waals surface area (Å²) in [7, 11) is 6.31. The number of hydrogen-bond donors (Lipinski definition) is 0. The summed E-state index contributed by atoms with van der Waals surface area (Å²) in [6.45, 7) is 6.16. The van der Waals surface area contributed by atoms with Crippen LogP contribution in [0, 0.1) is 5.92 Å². The average Bonchev–Trinajstić information content (AvgIpc) is 2.35. The summed E-state index contributed by atoms with van der Waals surface area (Å²) in [5.74, 6) is -0.0944. The molecule has 2 atom stereocenters. The van der Waals surface area contributed by atoms with Crippen molar-refractivity contribution < 1.29 is 13.2 Å². The Morgan fingerprint density at radius 1 is 1.29 bits per heavy atom. The lowest BCUT2D eigenvalue weighted by atomic mass is 9.86. The van der Waals surface area contributed by atoms with Crippen LogP contribution in [-0.4, -0.2) is 31.7 Å². The summed E-state index contributed by atoms with van der Waals surface area (Å²) in [6.07, 6.45) is 1.32. The van der Waals surface area contributed by atoms with Gasteiger partial charge in [-0.15, -0.1) is 9.24 Å². The Morgan fingerprint density at radius 2 is 1.86 bits per heavy atom. The van der Waals surface area contributed by atoms with Gasteiger partial charge in [0.1, 0.15) is 0 Å². The summed E-state index contributed by atoms with van der Waals surface area (Å²) in [6, 6.07) is 0. The van der Waals surface area contributed by atoms with Crippen molar-refractivity contribution in [3.63, 3.8) is 0 Å². The third kappa shape index (κ3) is 7.28. The molecule has 0 aliphatic heterocycles. The van der Waals surface area contributed by atoms with Gasteiger partial charge >= 0.3 is 6.18 Å². The third-order valence-corrected chi connectivity index (χ3v) is 3.61. The first kappa shape index (κ1) is 20.4. The number of alkyl halides is 3. The molecule has 0 aliphatic rings. The second-order valence-corrected chi connectivity index (χ2v) is 6.26. The fourth-order valence-electron chi connectivity index (χ4n) is 2.25. The van der Waals surface area contributed by atoms with Crippen molar-refractivity contribution in [1.82, 2.24) is 4.90 Å². The van der Waals surface area contributed by atoms with Crippen molar-refractivity contribution in [3.05, 3.63) is 34.7 Å². The van der Waals surface area contributed by atoms with Gasteiger partial charge in [0.15, 0.2) is 0 Å². The molecule has 2 unspecified atom stereocenters. The zero-order chi connectivity index (χ0) is 16.6. The second kappa shape index (κ2) is 9.42. The van der Waals surface area contributed by atoms with E-state index >= 15 is 0 Å². The quantitative estimate of drug-likeness (QED) is 0.461. The normalized spacial score (nSPS) is 16.6. The zero-order valence-electron chi connectivity index (χ0n) is 13.6. The highest BCUT2D eigenvalue weighted by molar-refractivity contribution is 7.22. The van der Waals surface area contributed by atoms with Crippen LogP contribution in [-0.2, 0) is 0 Å². The van der Waals surface area contributed by atoms with Gasteiger partial charge in [-0.3, -0.25) is 0 Å². The first-order valence-electron chi connectivity index (χ1n) is 7.16. The van der Waals surface area contributed by atoms with Gasteiger partial charge in [0.2, 0.25) is 0 Å². The van der Waals surface area contributed by atoms with Crippen LogP contribution in [0.3, 0.4) is 0 Å². The predicted molar refractivity (Wildman–Crippen MR) is 88.3 cm³/mol. The van der Waals surface area contributed by atoms with Crippen LogP contribution >= 0.6 is 9.24 Å². The van der Waals surface area contributed by atoms with Gasteiger partial charge in [0, 0.05) is 0 Å². The third-order valence-electron chi connectivity index (χ3n) is 3.30. The molecule has 0 aliphatic carbocycles. The highest BCUT2D eigenvalue weighted by Crippen LogP contribution is 2.40. The molecule has 0 aromatic rings. The van der Waals surface area contributed by atoms with Crippen LogP contribution in [0.4, 0.5) is 13.2 Å². The second-order valence-electron chi connectivity index (χ2n) is 5.40. The molecule has 0 saturated heterocycles. The fraction of sp³-hybridized carbons (Fsp3) is 0.625. The van der Waals surface area contributed by atoms with Crippen LogP contribution in [0.1, 0.15) is 33.6 Å². The summed E-state index contributed by atoms with van der Waals surface area (Å²) < 4.78 is 40.2. The SMILES string of the molecule is C\C=C/C=C(\C(=C(/C)P)C(CC)CCN(C)C)C(F)(F)F. The molecular weight excluding hydrogens is 294 g/mol. The van der Waals surface area contributed by atoms with E-state index in [1.807, 2.05) is 25.9 Å². The van der Waals surface area contributed by atoms with Crippen LogP contribution in [0.15, 0.2) is 34.7 Å². The van der Waals surface area contributed by atoms with Crippen LogP contribution in [0.5, 0.6) is 0 Å². The smallest absolute Gasteiger partial charge is 0.309 e. The van der Waals surface area contributed by atoms with Crippen molar-refractivity contribution in [2.45, 2.75) is 39.8 Å². The largest absolute Gasteiger partial charge is 0.416 e. The molecule has 1 nitrogen and oxygen atoms in total. The standard InChI is InChI=1S/C16H27F3NP/c1-6-8-9-14(16(17,18)19)15(12(3)21)13(7-2)10-11-20(4)5/h6,8-9,13H,7,10-11,21H2,1-5H3/b8-6-,14-9+,15-12+. The number of rotatable bonds is 7. The molecule has 0 heterocycles. The lowest BCUT2D eigenvalue weighted by Crippen LogP contribution is -2.22. The molecule has 0 rings (SSSR count). The van der Waals surface area contributed by atoms with Gasteiger partial charge in [-0.1, -0.05) is 30.5 Å². The van der Waals surface area contributed by atoms with Crippen LogP contribution in [0.25, 0.3) is 0 Å². The minimum atomic E-state index is -4.34. The Bertz CT molecular complexity index is 402. The molecule has 0 fully saturated rings. The van der Waals surface area contributed by atoms with E-state index in [0.717, 1.165) is 6.54 Å². The van der Waals surface area contributed by atoms with E-state index < -0.39 is 11.7 Å². The monoisotopic (exact) mass is 321 g/mol. The van der Waals surface area contributed by atoms with Gasteiger partial charge in [-0.05, 0) is 58.8 Å². The Morgan fingerprint density at radius 3 is 2.19 bits per heavy atom. The fourth-order valence-corrected chi connectivity index (χ4v) is 2.64. The van der Waals surface area contributed by atoms with E-state index in [9.17, 15) is 13.2 Å².